The third-order valence-electron chi connectivity index (χ3n) is 4.81. The third-order valence-corrected chi connectivity index (χ3v) is 4.81. The first-order valence-electron chi connectivity index (χ1n) is 8.57. The lowest BCUT2D eigenvalue weighted by molar-refractivity contribution is -0.120. The molecule has 1 aromatic heterocycles. The van der Waals surface area contributed by atoms with Crippen molar-refractivity contribution in [3.05, 3.63) is 47.0 Å². The Morgan fingerprint density at radius 2 is 2.00 bits per heavy atom. The van der Waals surface area contributed by atoms with Gasteiger partial charge in [0.1, 0.15) is 11.5 Å². The predicted octanol–water partition coefficient (Wildman–Crippen LogP) is 1.46. The van der Waals surface area contributed by atoms with E-state index in [0.29, 0.717) is 37.4 Å². The Balaban J connectivity index is 1.71. The van der Waals surface area contributed by atoms with Crippen molar-refractivity contribution in [1.29, 1.82) is 0 Å². The first-order chi connectivity index (χ1) is 12.1. The average Bonchev–Trinajstić information content (AvgIpc) is 3.14. The van der Waals surface area contributed by atoms with E-state index in [2.05, 4.69) is 10.4 Å². The highest BCUT2D eigenvalue weighted by Gasteiger charge is 2.30. The number of hydrogen-bond acceptors (Lipinski definition) is 3. The van der Waals surface area contributed by atoms with Crippen molar-refractivity contribution in [1.82, 2.24) is 20.0 Å². The lowest BCUT2D eigenvalue weighted by Gasteiger charge is -2.18. The van der Waals surface area contributed by atoms with E-state index in [1.54, 1.807) is 27.8 Å². The van der Waals surface area contributed by atoms with Crippen molar-refractivity contribution in [2.45, 2.75) is 25.7 Å². The Kier molecular flexibility index (Phi) is 3.99. The maximum absolute atomic E-state index is 14.2. The van der Waals surface area contributed by atoms with Gasteiger partial charge in [0.25, 0.3) is 5.91 Å². The number of nitrogens with zero attached hydrogens (tertiary/aromatic N) is 3. The van der Waals surface area contributed by atoms with Gasteiger partial charge in [0.05, 0.1) is 0 Å². The molecule has 6 nitrogen and oxygen atoms in total. The van der Waals surface area contributed by atoms with Crippen LogP contribution in [-0.2, 0) is 17.6 Å². The molecule has 1 N–H and O–H groups in total. The largest absolute Gasteiger partial charge is 0.354 e. The maximum Gasteiger partial charge on any atom is 0.274 e. The summed E-state index contributed by atoms with van der Waals surface area (Å²) in [5.41, 5.74) is 2.59. The highest BCUT2D eigenvalue weighted by Crippen LogP contribution is 2.29. The molecule has 0 unspecified atom stereocenters. The molecule has 0 radical (unpaired) electrons. The third kappa shape index (κ3) is 2.79. The molecule has 0 atom stereocenters. The first kappa shape index (κ1) is 15.8. The molecule has 4 rings (SSSR count). The van der Waals surface area contributed by atoms with Crippen LogP contribution in [0.1, 0.15) is 34.6 Å². The Labute approximate surface area is 144 Å². The molecule has 1 saturated heterocycles. The molecule has 0 spiro atoms. The van der Waals surface area contributed by atoms with Crippen LogP contribution in [-0.4, -0.2) is 46.1 Å². The van der Waals surface area contributed by atoms with E-state index in [9.17, 15) is 14.0 Å². The van der Waals surface area contributed by atoms with Crippen LogP contribution < -0.4 is 5.32 Å². The maximum atomic E-state index is 14.2. The monoisotopic (exact) mass is 342 g/mol. The molecule has 1 aliphatic heterocycles. The fourth-order valence-corrected chi connectivity index (χ4v) is 3.55. The lowest BCUT2D eigenvalue weighted by Crippen LogP contribution is -2.35. The van der Waals surface area contributed by atoms with E-state index in [0.717, 1.165) is 30.5 Å². The Morgan fingerprint density at radius 3 is 2.84 bits per heavy atom. The van der Waals surface area contributed by atoms with Crippen LogP contribution >= 0.6 is 0 Å². The van der Waals surface area contributed by atoms with E-state index in [-0.39, 0.29) is 17.6 Å². The molecule has 25 heavy (non-hydrogen) atoms. The van der Waals surface area contributed by atoms with Gasteiger partial charge in [0.2, 0.25) is 5.91 Å². The van der Waals surface area contributed by atoms with Crippen LogP contribution in [0.3, 0.4) is 0 Å². The fraction of sp³-hybridized carbons (Fsp3) is 0.389. The van der Waals surface area contributed by atoms with Gasteiger partial charge < -0.3 is 10.2 Å². The quantitative estimate of drug-likeness (QED) is 0.899. The summed E-state index contributed by atoms with van der Waals surface area (Å²) >= 11 is 0. The van der Waals surface area contributed by atoms with Crippen LogP contribution in [0.15, 0.2) is 24.3 Å². The zero-order valence-corrected chi connectivity index (χ0v) is 13.8. The second-order valence-corrected chi connectivity index (χ2v) is 6.38. The molecule has 7 heteroatoms. The van der Waals surface area contributed by atoms with E-state index >= 15 is 0 Å². The molecule has 1 fully saturated rings. The van der Waals surface area contributed by atoms with Gasteiger partial charge in [-0.25, -0.2) is 9.07 Å². The fourth-order valence-electron chi connectivity index (χ4n) is 3.55. The van der Waals surface area contributed by atoms with E-state index in [1.807, 2.05) is 0 Å². The molecule has 2 aliphatic rings. The smallest absolute Gasteiger partial charge is 0.274 e. The van der Waals surface area contributed by atoms with Gasteiger partial charge in [-0.3, -0.25) is 9.59 Å². The van der Waals surface area contributed by atoms with Crippen LogP contribution in [0.2, 0.25) is 0 Å². The summed E-state index contributed by atoms with van der Waals surface area (Å²) < 4.78 is 15.8. The zero-order valence-electron chi connectivity index (χ0n) is 13.8. The van der Waals surface area contributed by atoms with Gasteiger partial charge in [-0.15, -0.1) is 0 Å². The molecular weight excluding hydrogens is 323 g/mol. The van der Waals surface area contributed by atoms with Crippen molar-refractivity contribution >= 4 is 11.8 Å². The number of carbonyl (C=O) groups is 2. The zero-order chi connectivity index (χ0) is 17.4. The summed E-state index contributed by atoms with van der Waals surface area (Å²) in [5, 5.41) is 7.23. The number of rotatable bonds is 2. The number of halogens is 1. The van der Waals surface area contributed by atoms with Crippen molar-refractivity contribution in [3.63, 3.8) is 0 Å². The molecule has 1 aromatic carbocycles. The number of amides is 2. The van der Waals surface area contributed by atoms with Gasteiger partial charge in [-0.05, 0) is 31.4 Å². The number of nitrogens with one attached hydrogen (secondary N) is 1. The summed E-state index contributed by atoms with van der Waals surface area (Å²) in [6, 6.07) is 6.46. The molecule has 0 bridgehead atoms. The average molecular weight is 342 g/mol. The first-order valence-corrected chi connectivity index (χ1v) is 8.57. The standard InChI is InChI=1S/C18H19FN4O2/c19-13-5-1-2-6-15(13)23-14-7-3-4-12(14)17(21-23)18(25)22-10-8-16(24)20-9-11-22/h1-2,5-6H,3-4,7-11H2,(H,20,24). The molecule has 2 aromatic rings. The summed E-state index contributed by atoms with van der Waals surface area (Å²) in [5.74, 6) is -0.578. The van der Waals surface area contributed by atoms with Gasteiger partial charge in [-0.1, -0.05) is 12.1 Å². The normalized spacial score (nSPS) is 17.2. The highest BCUT2D eigenvalue weighted by atomic mass is 19.1. The molecule has 2 amide bonds. The predicted molar refractivity (Wildman–Crippen MR) is 89.1 cm³/mol. The van der Waals surface area contributed by atoms with Crippen LogP contribution in [0, 0.1) is 5.82 Å². The van der Waals surface area contributed by atoms with E-state index < -0.39 is 0 Å². The Bertz CT molecular complexity index is 846. The van der Waals surface area contributed by atoms with Crippen LogP contribution in [0.4, 0.5) is 4.39 Å². The molecular formula is C18H19FN4O2. The van der Waals surface area contributed by atoms with Crippen molar-refractivity contribution < 1.29 is 14.0 Å². The molecule has 1 aliphatic carbocycles. The number of carbonyl (C=O) groups excluding carboxylic acids is 2. The van der Waals surface area contributed by atoms with E-state index in [4.69, 9.17) is 0 Å². The minimum atomic E-state index is -0.358. The summed E-state index contributed by atoms with van der Waals surface area (Å²) in [6.45, 7) is 1.29. The number of aromatic nitrogens is 2. The number of hydrogen-bond donors (Lipinski definition) is 1. The molecule has 2 heterocycles. The van der Waals surface area contributed by atoms with Crippen LogP contribution in [0.5, 0.6) is 0 Å². The Morgan fingerprint density at radius 1 is 1.16 bits per heavy atom. The number of benzene rings is 1. The van der Waals surface area contributed by atoms with Crippen molar-refractivity contribution in [2.24, 2.45) is 0 Å². The SMILES string of the molecule is O=C1CCN(C(=O)c2nn(-c3ccccc3F)c3c2CCC3)CCN1. The number of fused-ring (bicyclic) bond motifs is 1. The summed E-state index contributed by atoms with van der Waals surface area (Å²) in [6.07, 6.45) is 2.78. The number of para-hydroxylation sites is 1. The Hall–Kier alpha value is -2.70. The second kappa shape index (κ2) is 6.31. The van der Waals surface area contributed by atoms with Gasteiger partial charge in [-0.2, -0.15) is 5.10 Å². The van der Waals surface area contributed by atoms with Gasteiger partial charge >= 0.3 is 0 Å². The minimum Gasteiger partial charge on any atom is -0.354 e. The topological polar surface area (TPSA) is 67.2 Å². The highest BCUT2D eigenvalue weighted by molar-refractivity contribution is 5.95. The lowest BCUT2D eigenvalue weighted by atomic mass is 10.1. The van der Waals surface area contributed by atoms with Crippen LogP contribution in [0.25, 0.3) is 5.69 Å². The molecule has 0 saturated carbocycles. The van der Waals surface area contributed by atoms with E-state index in [1.165, 1.54) is 6.07 Å². The van der Waals surface area contributed by atoms with Crippen molar-refractivity contribution in [2.75, 3.05) is 19.6 Å². The molecule has 130 valence electrons. The minimum absolute atomic E-state index is 0.0441. The van der Waals surface area contributed by atoms with Gasteiger partial charge in [0, 0.05) is 37.3 Å². The van der Waals surface area contributed by atoms with Crippen molar-refractivity contribution in [3.8, 4) is 5.69 Å². The second-order valence-electron chi connectivity index (χ2n) is 6.38. The van der Waals surface area contributed by atoms with Gasteiger partial charge in [0.15, 0.2) is 5.69 Å². The summed E-state index contributed by atoms with van der Waals surface area (Å²) in [4.78, 5) is 26.1. The summed E-state index contributed by atoms with van der Waals surface area (Å²) in [7, 11) is 0.